The third-order valence-electron chi connectivity index (χ3n) is 5.03. The number of para-hydroxylation sites is 1. The number of thioether (sulfide) groups is 1. The van der Waals surface area contributed by atoms with Gasteiger partial charge in [0.2, 0.25) is 11.8 Å². The van der Waals surface area contributed by atoms with Crippen molar-refractivity contribution in [3.8, 4) is 0 Å². The highest BCUT2D eigenvalue weighted by Gasteiger charge is 2.26. The van der Waals surface area contributed by atoms with E-state index in [0.717, 1.165) is 42.2 Å². The standard InChI is InChI=1S/C22H27N3O2S/c1-16-7-9-18(10-8-16)23-21(26)15-25-13-11-17(12-14-25)22(27)24-19-5-3-4-6-20(19)28-2/h3-10,17H,11-15H2,1-2H3,(H,23,26)(H,24,27). The zero-order valence-electron chi connectivity index (χ0n) is 16.4. The summed E-state index contributed by atoms with van der Waals surface area (Å²) in [7, 11) is 0. The molecule has 3 rings (SSSR count). The van der Waals surface area contributed by atoms with E-state index >= 15 is 0 Å². The molecule has 5 nitrogen and oxygen atoms in total. The van der Waals surface area contributed by atoms with Crippen molar-refractivity contribution < 1.29 is 9.59 Å². The fourth-order valence-corrected chi connectivity index (χ4v) is 3.93. The average Bonchev–Trinajstić information content (AvgIpc) is 2.70. The Morgan fingerprint density at radius 2 is 1.71 bits per heavy atom. The van der Waals surface area contributed by atoms with Crippen LogP contribution in [0.5, 0.6) is 0 Å². The number of hydrogen-bond donors (Lipinski definition) is 2. The van der Waals surface area contributed by atoms with Gasteiger partial charge < -0.3 is 10.6 Å². The van der Waals surface area contributed by atoms with E-state index in [0.29, 0.717) is 6.54 Å². The molecule has 1 aliphatic rings. The lowest BCUT2D eigenvalue weighted by Gasteiger charge is -2.30. The molecule has 1 saturated heterocycles. The first-order valence-corrected chi connectivity index (χ1v) is 10.8. The Morgan fingerprint density at radius 3 is 2.39 bits per heavy atom. The number of aryl methyl sites for hydroxylation is 1. The topological polar surface area (TPSA) is 61.4 Å². The largest absolute Gasteiger partial charge is 0.325 e. The fourth-order valence-electron chi connectivity index (χ4n) is 3.38. The lowest BCUT2D eigenvalue weighted by Crippen LogP contribution is -2.41. The van der Waals surface area contributed by atoms with Gasteiger partial charge in [-0.05, 0) is 63.4 Å². The van der Waals surface area contributed by atoms with Crippen molar-refractivity contribution in [2.75, 3.05) is 36.5 Å². The molecule has 0 radical (unpaired) electrons. The summed E-state index contributed by atoms with van der Waals surface area (Å²) in [5.74, 6) is 0.0530. The fraction of sp³-hybridized carbons (Fsp3) is 0.364. The summed E-state index contributed by atoms with van der Waals surface area (Å²) < 4.78 is 0. The SMILES string of the molecule is CSc1ccccc1NC(=O)C1CCN(CC(=O)Nc2ccc(C)cc2)CC1. The quantitative estimate of drug-likeness (QED) is 0.723. The van der Waals surface area contributed by atoms with Gasteiger partial charge in [0.15, 0.2) is 0 Å². The van der Waals surface area contributed by atoms with Crippen LogP contribution in [-0.4, -0.2) is 42.6 Å². The summed E-state index contributed by atoms with van der Waals surface area (Å²) in [6.45, 7) is 3.89. The summed E-state index contributed by atoms with van der Waals surface area (Å²) in [5.41, 5.74) is 2.86. The first kappa shape index (κ1) is 20.4. The van der Waals surface area contributed by atoms with Crippen molar-refractivity contribution in [1.29, 1.82) is 0 Å². The first-order valence-electron chi connectivity index (χ1n) is 9.58. The maximum Gasteiger partial charge on any atom is 0.238 e. The van der Waals surface area contributed by atoms with Crippen molar-refractivity contribution in [2.45, 2.75) is 24.7 Å². The van der Waals surface area contributed by atoms with Gasteiger partial charge in [-0.1, -0.05) is 29.8 Å². The smallest absolute Gasteiger partial charge is 0.238 e. The van der Waals surface area contributed by atoms with Gasteiger partial charge in [-0.3, -0.25) is 14.5 Å². The predicted octanol–water partition coefficient (Wildman–Crippen LogP) is 4.01. The lowest BCUT2D eigenvalue weighted by atomic mass is 9.96. The van der Waals surface area contributed by atoms with Gasteiger partial charge in [0.05, 0.1) is 12.2 Å². The molecule has 2 aromatic carbocycles. The molecule has 1 aliphatic heterocycles. The highest BCUT2D eigenvalue weighted by Crippen LogP contribution is 2.26. The summed E-state index contributed by atoms with van der Waals surface area (Å²) in [5, 5.41) is 6.00. The minimum Gasteiger partial charge on any atom is -0.325 e. The number of piperidine rings is 1. The van der Waals surface area contributed by atoms with Crippen LogP contribution in [0.2, 0.25) is 0 Å². The second-order valence-corrected chi connectivity index (χ2v) is 8.00. The molecular weight excluding hydrogens is 370 g/mol. The van der Waals surface area contributed by atoms with Gasteiger partial charge in [-0.2, -0.15) is 0 Å². The number of carbonyl (C=O) groups is 2. The number of nitrogens with one attached hydrogen (secondary N) is 2. The number of benzene rings is 2. The van der Waals surface area contributed by atoms with E-state index in [2.05, 4.69) is 15.5 Å². The molecule has 0 bridgehead atoms. The second kappa shape index (κ2) is 9.75. The van der Waals surface area contributed by atoms with Gasteiger partial charge in [0, 0.05) is 16.5 Å². The Hall–Kier alpha value is -2.31. The van der Waals surface area contributed by atoms with Crippen LogP contribution in [-0.2, 0) is 9.59 Å². The molecule has 0 atom stereocenters. The Bertz CT molecular complexity index is 815. The van der Waals surface area contributed by atoms with E-state index in [1.807, 2.05) is 61.7 Å². The average molecular weight is 398 g/mol. The van der Waals surface area contributed by atoms with Crippen molar-refractivity contribution in [3.05, 3.63) is 54.1 Å². The maximum atomic E-state index is 12.6. The highest BCUT2D eigenvalue weighted by molar-refractivity contribution is 7.98. The number of rotatable bonds is 6. The predicted molar refractivity (Wildman–Crippen MR) is 116 cm³/mol. The molecule has 28 heavy (non-hydrogen) atoms. The molecule has 0 unspecified atom stereocenters. The minimum atomic E-state index is -0.0133. The van der Waals surface area contributed by atoms with Gasteiger partial charge in [0.1, 0.15) is 0 Å². The van der Waals surface area contributed by atoms with E-state index < -0.39 is 0 Å². The van der Waals surface area contributed by atoms with E-state index in [1.54, 1.807) is 11.8 Å². The van der Waals surface area contributed by atoms with Gasteiger partial charge in [-0.25, -0.2) is 0 Å². The normalized spacial score (nSPS) is 15.2. The molecule has 0 aromatic heterocycles. The van der Waals surface area contributed by atoms with Crippen molar-refractivity contribution >= 4 is 35.0 Å². The minimum absolute atomic E-state index is 0.00804. The van der Waals surface area contributed by atoms with Gasteiger partial charge in [0.25, 0.3) is 0 Å². The van der Waals surface area contributed by atoms with E-state index in [4.69, 9.17) is 0 Å². The molecule has 148 valence electrons. The third-order valence-corrected chi connectivity index (χ3v) is 5.82. The number of amides is 2. The van der Waals surface area contributed by atoms with Crippen LogP contribution in [0.25, 0.3) is 0 Å². The van der Waals surface area contributed by atoms with Crippen molar-refractivity contribution in [2.24, 2.45) is 5.92 Å². The lowest BCUT2D eigenvalue weighted by molar-refractivity contribution is -0.121. The molecule has 0 spiro atoms. The van der Waals surface area contributed by atoms with E-state index in [-0.39, 0.29) is 17.7 Å². The molecule has 0 saturated carbocycles. The number of likely N-dealkylation sites (tertiary alicyclic amines) is 1. The van der Waals surface area contributed by atoms with Crippen LogP contribution in [0.3, 0.4) is 0 Å². The van der Waals surface area contributed by atoms with Crippen molar-refractivity contribution in [3.63, 3.8) is 0 Å². The summed E-state index contributed by atoms with van der Waals surface area (Å²) in [6, 6.07) is 15.6. The zero-order chi connectivity index (χ0) is 19.9. The van der Waals surface area contributed by atoms with E-state index in [9.17, 15) is 9.59 Å². The first-order chi connectivity index (χ1) is 13.5. The summed E-state index contributed by atoms with van der Waals surface area (Å²) in [6.07, 6.45) is 3.54. The van der Waals surface area contributed by atoms with Crippen LogP contribution in [0.15, 0.2) is 53.4 Å². The molecular formula is C22H27N3O2S. The second-order valence-electron chi connectivity index (χ2n) is 7.15. The molecule has 2 aromatic rings. The molecule has 2 N–H and O–H groups in total. The van der Waals surface area contributed by atoms with Gasteiger partial charge in [-0.15, -0.1) is 11.8 Å². The Balaban J connectivity index is 1.45. The van der Waals surface area contributed by atoms with Gasteiger partial charge >= 0.3 is 0 Å². The van der Waals surface area contributed by atoms with Crippen molar-refractivity contribution in [1.82, 2.24) is 4.90 Å². The molecule has 0 aliphatic carbocycles. The molecule has 6 heteroatoms. The van der Waals surface area contributed by atoms with Crippen LogP contribution >= 0.6 is 11.8 Å². The van der Waals surface area contributed by atoms with Crippen LogP contribution < -0.4 is 10.6 Å². The number of hydrogen-bond acceptors (Lipinski definition) is 4. The maximum absolute atomic E-state index is 12.6. The van der Waals surface area contributed by atoms with Crippen LogP contribution in [0.4, 0.5) is 11.4 Å². The zero-order valence-corrected chi connectivity index (χ0v) is 17.2. The Labute approximate surface area is 170 Å². The molecule has 1 fully saturated rings. The van der Waals surface area contributed by atoms with E-state index in [1.165, 1.54) is 5.56 Å². The number of anilines is 2. The Morgan fingerprint density at radius 1 is 1.04 bits per heavy atom. The summed E-state index contributed by atoms with van der Waals surface area (Å²) in [4.78, 5) is 28.1. The third kappa shape index (κ3) is 5.59. The monoisotopic (exact) mass is 397 g/mol. The molecule has 1 heterocycles. The number of carbonyl (C=O) groups excluding carboxylic acids is 2. The number of nitrogens with zero attached hydrogens (tertiary/aromatic N) is 1. The Kier molecular flexibility index (Phi) is 7.12. The van der Waals surface area contributed by atoms with Crippen LogP contribution in [0, 0.1) is 12.8 Å². The summed E-state index contributed by atoms with van der Waals surface area (Å²) >= 11 is 1.63. The van der Waals surface area contributed by atoms with Crippen LogP contribution in [0.1, 0.15) is 18.4 Å². The molecule has 2 amide bonds. The highest BCUT2D eigenvalue weighted by atomic mass is 32.2.